The molecule has 0 fully saturated rings. The van der Waals surface area contributed by atoms with Crippen molar-refractivity contribution in [2.45, 2.75) is 19.4 Å². The van der Waals surface area contributed by atoms with Crippen LogP contribution in [0.4, 0.5) is 5.69 Å². The molecule has 2 N–H and O–H groups in total. The third kappa shape index (κ3) is 5.01. The largest absolute Gasteiger partial charge is 0.497 e. The predicted molar refractivity (Wildman–Crippen MR) is 73.9 cm³/mol. The second kappa shape index (κ2) is 7.50. The van der Waals surface area contributed by atoms with Gasteiger partial charge in [-0.3, -0.25) is 4.79 Å². The molecule has 1 unspecified atom stereocenters. The van der Waals surface area contributed by atoms with Crippen molar-refractivity contribution in [3.63, 3.8) is 0 Å². The molecular weight excluding hydrogens is 228 g/mol. The summed E-state index contributed by atoms with van der Waals surface area (Å²) < 4.78 is 5.09. The standard InChI is InChI=1S/C14H20N2O2/c1-4-6-11(2)15-10-14(17)16-12-7-5-8-13(9-12)18-3/h4-5,7-9,11,15H,1,6,10H2,2-3H3,(H,16,17). The van der Waals surface area contributed by atoms with Gasteiger partial charge in [0.1, 0.15) is 5.75 Å². The van der Waals surface area contributed by atoms with Gasteiger partial charge in [0.25, 0.3) is 0 Å². The van der Waals surface area contributed by atoms with Crippen molar-refractivity contribution in [1.82, 2.24) is 5.32 Å². The maximum Gasteiger partial charge on any atom is 0.238 e. The van der Waals surface area contributed by atoms with Gasteiger partial charge in [-0.05, 0) is 25.5 Å². The molecule has 0 aliphatic carbocycles. The van der Waals surface area contributed by atoms with Crippen LogP contribution in [-0.4, -0.2) is 25.6 Å². The lowest BCUT2D eigenvalue weighted by Crippen LogP contribution is -2.34. The number of benzene rings is 1. The molecule has 1 rings (SSSR count). The summed E-state index contributed by atoms with van der Waals surface area (Å²) in [6.07, 6.45) is 2.67. The number of nitrogens with one attached hydrogen (secondary N) is 2. The number of carbonyl (C=O) groups excluding carboxylic acids is 1. The zero-order valence-electron chi connectivity index (χ0n) is 10.9. The first kappa shape index (κ1) is 14.3. The van der Waals surface area contributed by atoms with Gasteiger partial charge in [0.15, 0.2) is 0 Å². The van der Waals surface area contributed by atoms with Crippen LogP contribution in [0.2, 0.25) is 0 Å². The van der Waals surface area contributed by atoms with E-state index in [-0.39, 0.29) is 18.5 Å². The molecule has 0 saturated carbocycles. The predicted octanol–water partition coefficient (Wildman–Crippen LogP) is 2.19. The van der Waals surface area contributed by atoms with Gasteiger partial charge in [-0.1, -0.05) is 12.1 Å². The van der Waals surface area contributed by atoms with Gasteiger partial charge in [-0.2, -0.15) is 0 Å². The van der Waals surface area contributed by atoms with Crippen molar-refractivity contribution < 1.29 is 9.53 Å². The van der Waals surface area contributed by atoms with E-state index in [4.69, 9.17) is 4.74 Å². The quantitative estimate of drug-likeness (QED) is 0.727. The van der Waals surface area contributed by atoms with Gasteiger partial charge < -0.3 is 15.4 Å². The second-order valence-electron chi connectivity index (χ2n) is 4.09. The van der Waals surface area contributed by atoms with Gasteiger partial charge in [0, 0.05) is 17.8 Å². The number of carbonyl (C=O) groups is 1. The van der Waals surface area contributed by atoms with Crippen molar-refractivity contribution in [3.8, 4) is 5.75 Å². The van der Waals surface area contributed by atoms with E-state index in [0.29, 0.717) is 0 Å². The van der Waals surface area contributed by atoms with Gasteiger partial charge in [-0.25, -0.2) is 0 Å². The molecule has 0 spiro atoms. The third-order valence-corrected chi connectivity index (χ3v) is 2.48. The van der Waals surface area contributed by atoms with E-state index < -0.39 is 0 Å². The molecule has 1 atom stereocenters. The van der Waals surface area contributed by atoms with Crippen molar-refractivity contribution in [1.29, 1.82) is 0 Å². The first-order valence-electron chi connectivity index (χ1n) is 5.94. The van der Waals surface area contributed by atoms with Crippen molar-refractivity contribution >= 4 is 11.6 Å². The molecule has 0 aromatic heterocycles. The summed E-state index contributed by atoms with van der Waals surface area (Å²) in [5.74, 6) is 0.653. The van der Waals surface area contributed by atoms with E-state index in [0.717, 1.165) is 17.9 Å². The molecular formula is C14H20N2O2. The Morgan fingerprint density at radius 1 is 1.56 bits per heavy atom. The van der Waals surface area contributed by atoms with E-state index >= 15 is 0 Å². The Morgan fingerprint density at radius 3 is 3.00 bits per heavy atom. The van der Waals surface area contributed by atoms with Gasteiger partial charge >= 0.3 is 0 Å². The summed E-state index contributed by atoms with van der Waals surface area (Å²) in [6.45, 7) is 5.96. The molecule has 98 valence electrons. The minimum atomic E-state index is -0.0702. The molecule has 0 aliphatic heterocycles. The molecule has 4 heteroatoms. The molecule has 4 nitrogen and oxygen atoms in total. The van der Waals surface area contributed by atoms with Crippen LogP contribution in [0.5, 0.6) is 5.75 Å². The number of hydrogen-bond acceptors (Lipinski definition) is 3. The maximum atomic E-state index is 11.7. The Bertz CT molecular complexity index is 405. The average Bonchev–Trinajstić information content (AvgIpc) is 2.37. The highest BCUT2D eigenvalue weighted by Gasteiger charge is 2.05. The average molecular weight is 248 g/mol. The molecule has 1 amide bonds. The van der Waals surface area contributed by atoms with E-state index in [2.05, 4.69) is 17.2 Å². The number of rotatable bonds is 7. The van der Waals surface area contributed by atoms with Gasteiger partial charge in [0.05, 0.1) is 13.7 Å². The molecule has 0 radical (unpaired) electrons. The maximum absolute atomic E-state index is 11.7. The molecule has 0 bridgehead atoms. The van der Waals surface area contributed by atoms with Crippen LogP contribution < -0.4 is 15.4 Å². The van der Waals surface area contributed by atoms with Crippen LogP contribution >= 0.6 is 0 Å². The van der Waals surface area contributed by atoms with E-state index in [9.17, 15) is 4.79 Å². The number of anilines is 1. The summed E-state index contributed by atoms with van der Waals surface area (Å²) >= 11 is 0. The third-order valence-electron chi connectivity index (χ3n) is 2.48. The molecule has 1 aromatic carbocycles. The fraction of sp³-hybridized carbons (Fsp3) is 0.357. The SMILES string of the molecule is C=CCC(C)NCC(=O)Nc1cccc(OC)c1. The van der Waals surface area contributed by atoms with Crippen LogP contribution in [-0.2, 0) is 4.79 Å². The van der Waals surface area contributed by atoms with Crippen LogP contribution in [0.25, 0.3) is 0 Å². The first-order chi connectivity index (χ1) is 8.65. The van der Waals surface area contributed by atoms with Crippen LogP contribution in [0, 0.1) is 0 Å². The first-order valence-corrected chi connectivity index (χ1v) is 5.94. The summed E-state index contributed by atoms with van der Waals surface area (Å²) in [5.41, 5.74) is 0.734. The Hall–Kier alpha value is -1.81. The second-order valence-corrected chi connectivity index (χ2v) is 4.09. The molecule has 0 saturated heterocycles. The summed E-state index contributed by atoms with van der Waals surface area (Å²) in [5, 5.41) is 5.92. The van der Waals surface area contributed by atoms with Crippen LogP contribution in [0.15, 0.2) is 36.9 Å². The fourth-order valence-electron chi connectivity index (χ4n) is 1.51. The lowest BCUT2D eigenvalue weighted by molar-refractivity contribution is -0.115. The smallest absolute Gasteiger partial charge is 0.238 e. The molecule has 0 heterocycles. The zero-order chi connectivity index (χ0) is 13.4. The summed E-state index contributed by atoms with van der Waals surface area (Å²) in [7, 11) is 1.60. The minimum Gasteiger partial charge on any atom is -0.497 e. The van der Waals surface area contributed by atoms with Gasteiger partial charge in [-0.15, -0.1) is 6.58 Å². The lowest BCUT2D eigenvalue weighted by Gasteiger charge is -2.12. The Morgan fingerprint density at radius 2 is 2.33 bits per heavy atom. The molecule has 18 heavy (non-hydrogen) atoms. The highest BCUT2D eigenvalue weighted by atomic mass is 16.5. The van der Waals surface area contributed by atoms with Crippen LogP contribution in [0.1, 0.15) is 13.3 Å². The number of ether oxygens (including phenoxy) is 1. The minimum absolute atomic E-state index is 0.0702. The number of hydrogen-bond donors (Lipinski definition) is 2. The lowest BCUT2D eigenvalue weighted by atomic mass is 10.2. The topological polar surface area (TPSA) is 50.4 Å². The van der Waals surface area contributed by atoms with Crippen molar-refractivity contribution in [2.24, 2.45) is 0 Å². The fourth-order valence-corrected chi connectivity index (χ4v) is 1.51. The Kier molecular flexibility index (Phi) is 5.94. The van der Waals surface area contributed by atoms with Crippen molar-refractivity contribution in [3.05, 3.63) is 36.9 Å². The van der Waals surface area contributed by atoms with Crippen molar-refractivity contribution in [2.75, 3.05) is 19.0 Å². The van der Waals surface area contributed by atoms with E-state index in [1.54, 1.807) is 13.2 Å². The highest BCUT2D eigenvalue weighted by molar-refractivity contribution is 5.92. The van der Waals surface area contributed by atoms with Gasteiger partial charge in [0.2, 0.25) is 5.91 Å². The number of amides is 1. The normalized spacial score (nSPS) is 11.7. The van der Waals surface area contributed by atoms with Crippen LogP contribution in [0.3, 0.4) is 0 Å². The number of methoxy groups -OCH3 is 1. The molecule has 0 aliphatic rings. The van der Waals surface area contributed by atoms with E-state index in [1.807, 2.05) is 31.2 Å². The summed E-state index contributed by atoms with van der Waals surface area (Å²) in [6, 6.07) is 7.53. The highest BCUT2D eigenvalue weighted by Crippen LogP contribution is 2.16. The monoisotopic (exact) mass is 248 g/mol. The Balaban J connectivity index is 2.41. The Labute approximate surface area is 108 Å². The summed E-state index contributed by atoms with van der Waals surface area (Å²) in [4.78, 5) is 11.7. The zero-order valence-corrected chi connectivity index (χ0v) is 10.9. The van der Waals surface area contributed by atoms with E-state index in [1.165, 1.54) is 0 Å². The molecule has 1 aromatic rings.